The summed E-state index contributed by atoms with van der Waals surface area (Å²) in [6.07, 6.45) is 19.4. The van der Waals surface area contributed by atoms with E-state index in [9.17, 15) is 0 Å². The monoisotopic (exact) mass is 584 g/mol. The van der Waals surface area contributed by atoms with Gasteiger partial charge in [-0.2, -0.15) is 0 Å². The van der Waals surface area contributed by atoms with Crippen LogP contribution in [0.25, 0.3) is 0 Å². The molecule has 0 nitrogen and oxygen atoms in total. The minimum atomic E-state index is -0.136. The standard InChI is InChI=1S/2C8H17.C4H6S2.2Sn/c2*1-3-5-7-8-6-4-2;1-2-5-4-6-3-1;;/h2*1,3-8H2,2H3;1-3H2;;. The molecule has 0 spiro atoms. The zero-order chi connectivity index (χ0) is 17.3. The first kappa shape index (κ1) is 24.3. The molecule has 140 valence electrons. The Morgan fingerprint density at radius 2 is 1.04 bits per heavy atom. The van der Waals surface area contributed by atoms with Gasteiger partial charge in [0.1, 0.15) is 0 Å². The molecule has 0 bridgehead atoms. The molecule has 0 atom stereocenters. The second kappa shape index (κ2) is 17.4. The van der Waals surface area contributed by atoms with E-state index in [1.165, 1.54) is 82.1 Å². The minimum absolute atomic E-state index is 0.136. The first-order valence-corrected chi connectivity index (χ1v) is 19.5. The zero-order valence-corrected chi connectivity index (χ0v) is 23.7. The summed E-state index contributed by atoms with van der Waals surface area (Å²) in [4.78, 5) is 0. The molecular weight excluding hydrogens is 542 g/mol. The van der Waals surface area contributed by atoms with Crippen LogP contribution in [0.5, 0.6) is 0 Å². The van der Waals surface area contributed by atoms with Crippen LogP contribution in [0.3, 0.4) is 0 Å². The quantitative estimate of drug-likeness (QED) is 0.137. The second-order valence-corrected chi connectivity index (χ2v) is 27.3. The molecular formula is C20H40S2Sn2. The molecule has 1 rings (SSSR count). The first-order valence-electron chi connectivity index (χ1n) is 10.6. The maximum atomic E-state index is 2.47. The van der Waals surface area contributed by atoms with Crippen LogP contribution in [0.1, 0.15) is 97.3 Å². The van der Waals surface area contributed by atoms with Crippen molar-refractivity contribution in [1.82, 2.24) is 0 Å². The Morgan fingerprint density at radius 1 is 0.625 bits per heavy atom. The second-order valence-electron chi connectivity index (χ2n) is 7.06. The molecule has 0 unspecified atom stereocenters. The summed E-state index contributed by atoms with van der Waals surface area (Å²) >= 11 is 4.66. The van der Waals surface area contributed by atoms with Gasteiger partial charge in [-0.15, -0.1) is 0 Å². The van der Waals surface area contributed by atoms with Crippen LogP contribution in [-0.2, 0) is 0 Å². The Bertz CT molecular complexity index is 248. The Balaban J connectivity index is 2.12. The summed E-state index contributed by atoms with van der Waals surface area (Å²) in [7, 11) is 0. The third-order valence-electron chi connectivity index (χ3n) is 4.68. The van der Waals surface area contributed by atoms with Crippen LogP contribution in [0.2, 0.25) is 8.87 Å². The number of hydrogen-bond acceptors (Lipinski definition) is 2. The molecule has 1 aliphatic rings. The molecule has 0 saturated carbocycles. The van der Waals surface area contributed by atoms with Crippen molar-refractivity contribution in [2.24, 2.45) is 0 Å². The first-order chi connectivity index (χ1) is 11.8. The van der Waals surface area contributed by atoms with Gasteiger partial charge in [-0.3, -0.25) is 0 Å². The summed E-state index contributed by atoms with van der Waals surface area (Å²) < 4.78 is 4.32. The third-order valence-corrected chi connectivity index (χ3v) is 28.9. The fourth-order valence-electron chi connectivity index (χ4n) is 3.12. The van der Waals surface area contributed by atoms with Gasteiger partial charge in [0, 0.05) is 0 Å². The number of thioether (sulfide) groups is 2. The van der Waals surface area contributed by atoms with E-state index in [4.69, 9.17) is 0 Å². The molecule has 0 N–H and O–H groups in total. The zero-order valence-electron chi connectivity index (χ0n) is 16.3. The van der Waals surface area contributed by atoms with Gasteiger partial charge in [0.25, 0.3) is 0 Å². The van der Waals surface area contributed by atoms with Gasteiger partial charge >= 0.3 is 184 Å². The van der Waals surface area contributed by atoms with Crippen LogP contribution >= 0.6 is 23.5 Å². The van der Waals surface area contributed by atoms with Gasteiger partial charge in [-0.05, 0) is 0 Å². The summed E-state index contributed by atoms with van der Waals surface area (Å²) in [5.74, 6) is 3.00. The van der Waals surface area contributed by atoms with Gasteiger partial charge in [0.15, 0.2) is 0 Å². The van der Waals surface area contributed by atoms with Crippen molar-refractivity contribution in [3.05, 3.63) is 0 Å². The van der Waals surface area contributed by atoms with E-state index in [0.717, 1.165) is 0.111 Å². The van der Waals surface area contributed by atoms with Crippen molar-refractivity contribution >= 4 is 65.8 Å². The van der Waals surface area contributed by atoms with Crippen molar-refractivity contribution in [3.8, 4) is 0 Å². The molecule has 1 heterocycles. The molecule has 1 saturated heterocycles. The van der Waals surface area contributed by atoms with Crippen LogP contribution in [0.15, 0.2) is 0 Å². The summed E-state index contributed by atoms with van der Waals surface area (Å²) in [6.45, 7) is 4.65. The van der Waals surface area contributed by atoms with Gasteiger partial charge in [0.2, 0.25) is 0 Å². The van der Waals surface area contributed by atoms with E-state index in [1.54, 1.807) is 21.7 Å². The molecule has 4 radical (unpaired) electrons. The number of unbranched alkanes of at least 4 members (excludes halogenated alkanes) is 10. The number of rotatable bonds is 16. The molecule has 1 fully saturated rings. The normalized spacial score (nSPS) is 17.2. The van der Waals surface area contributed by atoms with Gasteiger partial charge in [0.05, 0.1) is 0 Å². The van der Waals surface area contributed by atoms with E-state index >= 15 is 0 Å². The Labute approximate surface area is 182 Å². The topological polar surface area (TPSA) is 0 Å². The molecule has 0 aromatic carbocycles. The van der Waals surface area contributed by atoms with Crippen molar-refractivity contribution in [3.63, 3.8) is 0 Å². The number of hydrogen-bond donors (Lipinski definition) is 0. The molecule has 0 aromatic heterocycles. The average Bonchev–Trinajstić information content (AvgIpc) is 2.61. The van der Waals surface area contributed by atoms with Gasteiger partial charge in [-0.25, -0.2) is 0 Å². The predicted octanol–water partition coefficient (Wildman–Crippen LogP) is 7.43. The fraction of sp³-hybridized carbons (Fsp3) is 1.00. The molecule has 24 heavy (non-hydrogen) atoms. The fourth-order valence-corrected chi connectivity index (χ4v) is 27.3. The Kier molecular flexibility index (Phi) is 17.6. The molecule has 4 heteroatoms. The Morgan fingerprint density at radius 3 is 1.50 bits per heavy atom. The van der Waals surface area contributed by atoms with Crippen LogP contribution in [0.4, 0.5) is 0 Å². The van der Waals surface area contributed by atoms with E-state index in [1.807, 2.05) is 0 Å². The summed E-state index contributed by atoms with van der Waals surface area (Å²) in [5.41, 5.74) is 0. The maximum absolute atomic E-state index is 2.47. The van der Waals surface area contributed by atoms with Crippen molar-refractivity contribution in [2.75, 3.05) is 11.5 Å². The van der Waals surface area contributed by atoms with Gasteiger partial charge in [-0.1, -0.05) is 0 Å². The van der Waals surface area contributed by atoms with E-state index in [2.05, 4.69) is 37.4 Å². The van der Waals surface area contributed by atoms with E-state index in [-0.39, 0.29) is 42.3 Å². The third kappa shape index (κ3) is 12.6. The van der Waals surface area contributed by atoms with Crippen molar-refractivity contribution < 1.29 is 0 Å². The summed E-state index contributed by atoms with van der Waals surface area (Å²) in [6, 6.07) is 0. The molecule has 0 amide bonds. The van der Waals surface area contributed by atoms with Crippen molar-refractivity contribution in [1.29, 1.82) is 0 Å². The molecule has 0 aromatic rings. The van der Waals surface area contributed by atoms with Gasteiger partial charge < -0.3 is 0 Å². The van der Waals surface area contributed by atoms with E-state index in [0.29, 0.717) is 0 Å². The Hall–Kier alpha value is 2.30. The van der Waals surface area contributed by atoms with Crippen LogP contribution in [0, 0.1) is 0 Å². The SMILES string of the molecule is CCCCCCC[CH2][Sn][C]1([Sn][CH2]CCCCCCC)SCCCS1. The van der Waals surface area contributed by atoms with Crippen LogP contribution in [-0.4, -0.2) is 53.9 Å². The molecule has 1 aliphatic heterocycles. The predicted molar refractivity (Wildman–Crippen MR) is 120 cm³/mol. The molecule has 0 aliphatic carbocycles. The van der Waals surface area contributed by atoms with Crippen LogP contribution < -0.4 is 0 Å². The van der Waals surface area contributed by atoms with Crippen molar-refractivity contribution in [2.45, 2.75) is 106 Å². The average molecular weight is 582 g/mol. The van der Waals surface area contributed by atoms with E-state index < -0.39 is 0 Å². The summed E-state index contributed by atoms with van der Waals surface area (Å²) in [5, 5.41) is 0.